The third-order valence-corrected chi connectivity index (χ3v) is 7.75. The molecule has 2 heteroatoms. The van der Waals surface area contributed by atoms with Gasteiger partial charge in [0.05, 0.1) is 5.52 Å². The molecule has 1 aliphatic rings. The molecule has 1 aliphatic carbocycles. The van der Waals surface area contributed by atoms with Crippen LogP contribution in [0, 0.1) is 0 Å². The predicted molar refractivity (Wildman–Crippen MR) is 157 cm³/mol. The molecule has 0 saturated carbocycles. The van der Waals surface area contributed by atoms with Crippen LogP contribution in [0.2, 0.25) is 0 Å². The van der Waals surface area contributed by atoms with Crippen molar-refractivity contribution in [1.29, 1.82) is 0 Å². The summed E-state index contributed by atoms with van der Waals surface area (Å²) in [4.78, 5) is 2.27. The zero-order chi connectivity index (χ0) is 24.8. The van der Waals surface area contributed by atoms with Crippen LogP contribution in [0.4, 0.5) is 11.4 Å². The van der Waals surface area contributed by atoms with Gasteiger partial charge < -0.3 is 9.47 Å². The van der Waals surface area contributed by atoms with Gasteiger partial charge in [0, 0.05) is 41.1 Å². The van der Waals surface area contributed by atoms with Gasteiger partial charge in [-0.2, -0.15) is 0 Å². The average Bonchev–Trinajstić information content (AvgIpc) is 3.30. The Morgan fingerprint density at radius 1 is 0.676 bits per heavy atom. The van der Waals surface area contributed by atoms with E-state index in [0.717, 1.165) is 6.42 Å². The molecule has 0 saturated heterocycles. The minimum Gasteiger partial charge on any atom is -0.345 e. The molecular weight excluding hydrogens is 448 g/mol. The van der Waals surface area contributed by atoms with Gasteiger partial charge in [-0.15, -0.1) is 0 Å². The summed E-state index contributed by atoms with van der Waals surface area (Å²) in [7, 11) is 2.15. The summed E-state index contributed by atoms with van der Waals surface area (Å²) in [6.45, 7) is 0. The first kappa shape index (κ1) is 21.7. The quantitative estimate of drug-likeness (QED) is 0.247. The Balaban J connectivity index is 1.38. The van der Waals surface area contributed by atoms with E-state index in [4.69, 9.17) is 0 Å². The molecule has 6 aromatic rings. The lowest BCUT2D eigenvalue weighted by atomic mass is 9.86. The van der Waals surface area contributed by atoms with E-state index < -0.39 is 0 Å². The molecule has 2 nitrogen and oxygen atoms in total. The van der Waals surface area contributed by atoms with Gasteiger partial charge in [0.2, 0.25) is 0 Å². The number of benzene rings is 5. The van der Waals surface area contributed by atoms with Gasteiger partial charge in [-0.3, -0.25) is 0 Å². The van der Waals surface area contributed by atoms with Crippen LogP contribution in [0.15, 0.2) is 127 Å². The van der Waals surface area contributed by atoms with Gasteiger partial charge in [0.25, 0.3) is 0 Å². The van der Waals surface area contributed by atoms with Crippen LogP contribution in [-0.2, 0) is 6.42 Å². The molecule has 1 unspecified atom stereocenters. The smallest absolute Gasteiger partial charge is 0.0539 e. The highest BCUT2D eigenvalue weighted by Crippen LogP contribution is 2.40. The minimum atomic E-state index is 0.349. The normalized spacial score (nSPS) is 14.7. The van der Waals surface area contributed by atoms with Crippen molar-refractivity contribution in [1.82, 2.24) is 4.57 Å². The molecule has 7 rings (SSSR count). The number of anilines is 2. The fraction of sp³-hybridized carbons (Fsp3) is 0.0857. The molecule has 0 aliphatic heterocycles. The van der Waals surface area contributed by atoms with E-state index in [-0.39, 0.29) is 0 Å². The number of fused-ring (bicyclic) bond motifs is 4. The zero-order valence-corrected chi connectivity index (χ0v) is 20.9. The molecule has 1 heterocycles. The van der Waals surface area contributed by atoms with Crippen molar-refractivity contribution in [2.45, 2.75) is 12.3 Å². The van der Waals surface area contributed by atoms with Gasteiger partial charge in [0.1, 0.15) is 0 Å². The van der Waals surface area contributed by atoms with Crippen molar-refractivity contribution < 1.29 is 0 Å². The maximum absolute atomic E-state index is 2.42. The first-order chi connectivity index (χ1) is 18.3. The Bertz CT molecular complexity index is 1760. The summed E-state index contributed by atoms with van der Waals surface area (Å²) in [5.74, 6) is 0.349. The number of hydrogen-bond donors (Lipinski definition) is 0. The van der Waals surface area contributed by atoms with Gasteiger partial charge in [-0.05, 0) is 76.9 Å². The number of allylic oxidation sites excluding steroid dienone is 1. The van der Waals surface area contributed by atoms with Crippen LogP contribution in [0.5, 0.6) is 0 Å². The monoisotopic (exact) mass is 476 g/mol. The highest BCUT2D eigenvalue weighted by Gasteiger charge is 2.24. The third kappa shape index (κ3) is 3.73. The summed E-state index contributed by atoms with van der Waals surface area (Å²) in [5, 5.41) is 3.92. The Morgan fingerprint density at radius 2 is 1.41 bits per heavy atom. The van der Waals surface area contributed by atoms with Crippen LogP contribution < -0.4 is 4.90 Å². The molecule has 0 fully saturated rings. The maximum atomic E-state index is 2.42. The Morgan fingerprint density at radius 3 is 2.22 bits per heavy atom. The topological polar surface area (TPSA) is 8.17 Å². The second kappa shape index (κ2) is 8.83. The van der Waals surface area contributed by atoms with Crippen LogP contribution in [-0.4, -0.2) is 11.6 Å². The maximum Gasteiger partial charge on any atom is 0.0539 e. The molecule has 0 spiro atoms. The Hall–Kier alpha value is -4.56. The van der Waals surface area contributed by atoms with Crippen molar-refractivity contribution >= 4 is 39.1 Å². The second-order valence-electron chi connectivity index (χ2n) is 9.91. The van der Waals surface area contributed by atoms with Crippen molar-refractivity contribution in [3.05, 3.63) is 144 Å². The van der Waals surface area contributed by atoms with Crippen LogP contribution in [0.1, 0.15) is 22.7 Å². The summed E-state index contributed by atoms with van der Waals surface area (Å²) >= 11 is 0. The number of para-hydroxylation sites is 2. The molecule has 0 radical (unpaired) electrons. The summed E-state index contributed by atoms with van der Waals surface area (Å²) < 4.78 is 2.42. The molecule has 0 amide bonds. The van der Waals surface area contributed by atoms with E-state index in [0.29, 0.717) is 5.92 Å². The zero-order valence-electron chi connectivity index (χ0n) is 20.9. The number of rotatable bonds is 4. The number of aromatic nitrogens is 1. The van der Waals surface area contributed by atoms with Crippen LogP contribution in [0.25, 0.3) is 33.4 Å². The fourth-order valence-electron chi connectivity index (χ4n) is 5.78. The second-order valence-corrected chi connectivity index (χ2v) is 9.91. The first-order valence-corrected chi connectivity index (χ1v) is 12.9. The summed E-state index contributed by atoms with van der Waals surface area (Å²) in [5.41, 5.74) is 8.92. The molecule has 1 atom stereocenters. The Kier molecular flexibility index (Phi) is 5.18. The van der Waals surface area contributed by atoms with Crippen molar-refractivity contribution in [2.75, 3.05) is 11.9 Å². The predicted octanol–water partition coefficient (Wildman–Crippen LogP) is 8.90. The molecule has 0 bridgehead atoms. The minimum absolute atomic E-state index is 0.349. The lowest BCUT2D eigenvalue weighted by Crippen LogP contribution is -2.09. The third-order valence-electron chi connectivity index (χ3n) is 7.75. The van der Waals surface area contributed by atoms with Gasteiger partial charge in [0.15, 0.2) is 0 Å². The summed E-state index contributed by atoms with van der Waals surface area (Å²) in [6.07, 6.45) is 5.72. The molecule has 1 aromatic heterocycles. The Labute approximate surface area is 217 Å². The fourth-order valence-corrected chi connectivity index (χ4v) is 5.78. The van der Waals surface area contributed by atoms with Crippen LogP contribution in [0.3, 0.4) is 0 Å². The average molecular weight is 477 g/mol. The van der Waals surface area contributed by atoms with Crippen LogP contribution >= 0.6 is 0 Å². The summed E-state index contributed by atoms with van der Waals surface area (Å²) in [6, 6.07) is 43.8. The lowest BCUT2D eigenvalue weighted by Gasteiger charge is -2.21. The van der Waals surface area contributed by atoms with E-state index in [2.05, 4.69) is 150 Å². The van der Waals surface area contributed by atoms with Crippen molar-refractivity contribution in [2.24, 2.45) is 0 Å². The van der Waals surface area contributed by atoms with Gasteiger partial charge in [-0.25, -0.2) is 0 Å². The highest BCUT2D eigenvalue weighted by atomic mass is 15.1. The molecule has 178 valence electrons. The molecule has 5 aromatic carbocycles. The molecule has 0 N–H and O–H groups in total. The van der Waals surface area contributed by atoms with Crippen molar-refractivity contribution in [3.63, 3.8) is 0 Å². The van der Waals surface area contributed by atoms with E-state index >= 15 is 0 Å². The van der Waals surface area contributed by atoms with E-state index in [1.54, 1.807) is 0 Å². The largest absolute Gasteiger partial charge is 0.345 e. The SMILES string of the molecule is CN(c1ccccc1)c1ccc2c(c1)c1c(n2-c2ccccc2)C=CC(c2ccc3ccccc3c2)C1. The van der Waals surface area contributed by atoms with E-state index in [1.165, 1.54) is 55.6 Å². The van der Waals surface area contributed by atoms with Gasteiger partial charge >= 0.3 is 0 Å². The standard InChI is InChI=1S/C35H28N2/c1-36(29-12-4-2-5-13-29)31-19-21-35-33(24-31)32-23-28(27-17-16-25-10-8-9-11-26(25)22-27)18-20-34(32)37(35)30-14-6-3-7-15-30/h2-22,24,28H,23H2,1H3. The lowest BCUT2D eigenvalue weighted by molar-refractivity contribution is 0.826. The highest BCUT2D eigenvalue weighted by molar-refractivity contribution is 5.94. The molecular formula is C35H28N2. The van der Waals surface area contributed by atoms with Crippen molar-refractivity contribution in [3.8, 4) is 5.69 Å². The van der Waals surface area contributed by atoms with E-state index in [9.17, 15) is 0 Å². The first-order valence-electron chi connectivity index (χ1n) is 12.9. The van der Waals surface area contributed by atoms with Gasteiger partial charge in [-0.1, -0.05) is 84.9 Å². The molecule has 37 heavy (non-hydrogen) atoms. The van der Waals surface area contributed by atoms with E-state index in [1.807, 2.05) is 0 Å². The number of nitrogens with zero attached hydrogens (tertiary/aromatic N) is 2. The number of hydrogen-bond acceptors (Lipinski definition) is 1.